The minimum absolute atomic E-state index is 0.0815. The normalized spacial score (nSPS) is 10.2. The Labute approximate surface area is 109 Å². The van der Waals surface area contributed by atoms with Crippen LogP contribution < -0.4 is 11.4 Å². The Bertz CT molecular complexity index is 650. The first-order valence-electron chi connectivity index (χ1n) is 5.62. The van der Waals surface area contributed by atoms with Crippen molar-refractivity contribution in [2.24, 2.45) is 7.05 Å². The van der Waals surface area contributed by atoms with Gasteiger partial charge in [0.1, 0.15) is 18.0 Å². The molecule has 1 aromatic carbocycles. The lowest BCUT2D eigenvalue weighted by atomic mass is 10.2. The monoisotopic (exact) mass is 259 g/mol. The van der Waals surface area contributed by atoms with Crippen LogP contribution in [0.3, 0.4) is 0 Å². The molecule has 6 nitrogen and oxygen atoms in total. The van der Waals surface area contributed by atoms with Gasteiger partial charge in [-0.2, -0.15) is 4.98 Å². The smallest absolute Gasteiger partial charge is 0.349 e. The number of aryl methyl sites for hydroxylation is 1. The second kappa shape index (κ2) is 5.34. The van der Waals surface area contributed by atoms with Crippen LogP contribution in [0.5, 0.6) is 0 Å². The van der Waals surface area contributed by atoms with Crippen LogP contribution in [-0.2, 0) is 18.4 Å². The van der Waals surface area contributed by atoms with Crippen molar-refractivity contribution >= 4 is 11.8 Å². The van der Waals surface area contributed by atoms with E-state index in [1.807, 2.05) is 30.3 Å². The minimum Gasteiger partial charge on any atom is -0.457 e. The maximum Gasteiger partial charge on any atom is 0.349 e. The van der Waals surface area contributed by atoms with E-state index >= 15 is 0 Å². The van der Waals surface area contributed by atoms with Gasteiger partial charge in [-0.15, -0.1) is 0 Å². The van der Waals surface area contributed by atoms with Crippen molar-refractivity contribution in [1.82, 2.24) is 9.55 Å². The standard InChI is InChI=1S/C13H13N3O3/c1-16-7-10(11(14)15-13(16)18)12(17)19-8-9-5-3-2-4-6-9/h2-7H,8H2,1H3,(H2,14,15,18). The maximum atomic E-state index is 11.8. The first-order valence-corrected chi connectivity index (χ1v) is 5.62. The van der Waals surface area contributed by atoms with Gasteiger partial charge in [-0.05, 0) is 5.56 Å². The molecule has 0 unspecified atom stereocenters. The van der Waals surface area contributed by atoms with Gasteiger partial charge in [0.05, 0.1) is 0 Å². The summed E-state index contributed by atoms with van der Waals surface area (Å²) >= 11 is 0. The van der Waals surface area contributed by atoms with Crippen LogP contribution in [0.1, 0.15) is 15.9 Å². The van der Waals surface area contributed by atoms with E-state index < -0.39 is 11.7 Å². The van der Waals surface area contributed by atoms with Crippen LogP contribution in [0.2, 0.25) is 0 Å². The SMILES string of the molecule is Cn1cc(C(=O)OCc2ccccc2)c(N)nc1=O. The largest absolute Gasteiger partial charge is 0.457 e. The molecule has 2 aromatic rings. The zero-order valence-electron chi connectivity index (χ0n) is 10.4. The molecule has 98 valence electrons. The second-order valence-corrected chi connectivity index (χ2v) is 4.00. The van der Waals surface area contributed by atoms with Gasteiger partial charge in [0.2, 0.25) is 0 Å². The highest BCUT2D eigenvalue weighted by atomic mass is 16.5. The lowest BCUT2D eigenvalue weighted by molar-refractivity contribution is 0.0472. The molecular weight excluding hydrogens is 246 g/mol. The molecule has 0 aliphatic rings. The second-order valence-electron chi connectivity index (χ2n) is 4.00. The average Bonchev–Trinajstić information content (AvgIpc) is 2.41. The number of hydrogen-bond acceptors (Lipinski definition) is 5. The van der Waals surface area contributed by atoms with E-state index in [4.69, 9.17) is 10.5 Å². The number of ether oxygens (including phenoxy) is 1. The fourth-order valence-corrected chi connectivity index (χ4v) is 1.52. The molecule has 19 heavy (non-hydrogen) atoms. The number of carbonyl (C=O) groups excluding carboxylic acids is 1. The summed E-state index contributed by atoms with van der Waals surface area (Å²) in [5.41, 5.74) is 5.97. The third kappa shape index (κ3) is 2.98. The van der Waals surface area contributed by atoms with E-state index in [1.165, 1.54) is 17.8 Å². The van der Waals surface area contributed by atoms with Crippen molar-refractivity contribution in [3.63, 3.8) is 0 Å². The van der Waals surface area contributed by atoms with Gasteiger partial charge >= 0.3 is 11.7 Å². The molecule has 0 aliphatic carbocycles. The Morgan fingerprint density at radius 2 is 2.05 bits per heavy atom. The van der Waals surface area contributed by atoms with E-state index in [0.717, 1.165) is 5.56 Å². The Kier molecular flexibility index (Phi) is 3.61. The predicted molar refractivity (Wildman–Crippen MR) is 69.5 cm³/mol. The highest BCUT2D eigenvalue weighted by molar-refractivity contribution is 5.93. The maximum absolute atomic E-state index is 11.8. The van der Waals surface area contributed by atoms with Crippen LogP contribution in [0.4, 0.5) is 5.82 Å². The number of hydrogen-bond donors (Lipinski definition) is 1. The number of rotatable bonds is 3. The van der Waals surface area contributed by atoms with Crippen LogP contribution in [0, 0.1) is 0 Å². The minimum atomic E-state index is -0.607. The lowest BCUT2D eigenvalue weighted by Gasteiger charge is -2.07. The van der Waals surface area contributed by atoms with Gasteiger partial charge in [-0.1, -0.05) is 30.3 Å². The summed E-state index contributed by atoms with van der Waals surface area (Å²) in [6.07, 6.45) is 1.32. The first kappa shape index (κ1) is 12.8. The molecule has 0 amide bonds. The van der Waals surface area contributed by atoms with Gasteiger partial charge in [-0.25, -0.2) is 9.59 Å². The molecule has 0 saturated carbocycles. The van der Waals surface area contributed by atoms with Gasteiger partial charge in [0, 0.05) is 13.2 Å². The first-order chi connectivity index (χ1) is 9.08. The summed E-state index contributed by atoms with van der Waals surface area (Å²) in [7, 11) is 1.49. The lowest BCUT2D eigenvalue weighted by Crippen LogP contribution is -2.24. The van der Waals surface area contributed by atoms with Crippen LogP contribution in [0.25, 0.3) is 0 Å². The van der Waals surface area contributed by atoms with Gasteiger partial charge in [-0.3, -0.25) is 0 Å². The third-order valence-corrected chi connectivity index (χ3v) is 2.55. The molecule has 0 spiro atoms. The van der Waals surface area contributed by atoms with E-state index in [0.29, 0.717) is 0 Å². The van der Waals surface area contributed by atoms with E-state index in [-0.39, 0.29) is 18.0 Å². The number of esters is 1. The molecule has 0 atom stereocenters. The highest BCUT2D eigenvalue weighted by Gasteiger charge is 2.14. The third-order valence-electron chi connectivity index (χ3n) is 2.55. The molecule has 0 saturated heterocycles. The van der Waals surface area contributed by atoms with Crippen molar-refractivity contribution in [3.8, 4) is 0 Å². The van der Waals surface area contributed by atoms with Crippen molar-refractivity contribution < 1.29 is 9.53 Å². The molecule has 6 heteroatoms. The zero-order chi connectivity index (χ0) is 13.8. The van der Waals surface area contributed by atoms with Crippen LogP contribution in [0.15, 0.2) is 41.3 Å². The van der Waals surface area contributed by atoms with Crippen molar-refractivity contribution in [1.29, 1.82) is 0 Å². The number of anilines is 1. The van der Waals surface area contributed by atoms with Gasteiger partial charge in [0.25, 0.3) is 0 Å². The van der Waals surface area contributed by atoms with Crippen molar-refractivity contribution in [3.05, 3.63) is 58.1 Å². The fourth-order valence-electron chi connectivity index (χ4n) is 1.52. The fraction of sp³-hybridized carbons (Fsp3) is 0.154. The number of nitrogens with zero attached hydrogens (tertiary/aromatic N) is 2. The van der Waals surface area contributed by atoms with E-state index in [1.54, 1.807) is 0 Å². The van der Waals surface area contributed by atoms with Crippen molar-refractivity contribution in [2.75, 3.05) is 5.73 Å². The summed E-state index contributed by atoms with van der Waals surface area (Å²) in [5, 5.41) is 0. The molecule has 2 N–H and O–H groups in total. The molecule has 0 radical (unpaired) electrons. The Morgan fingerprint density at radius 3 is 2.74 bits per heavy atom. The van der Waals surface area contributed by atoms with Crippen LogP contribution in [-0.4, -0.2) is 15.5 Å². The summed E-state index contributed by atoms with van der Waals surface area (Å²) in [6, 6.07) is 9.27. The van der Waals surface area contributed by atoms with Crippen LogP contribution >= 0.6 is 0 Å². The molecule has 1 heterocycles. The Hall–Kier alpha value is -2.63. The number of nitrogen functional groups attached to an aromatic ring is 1. The molecule has 2 rings (SSSR count). The average molecular weight is 259 g/mol. The number of carbonyl (C=O) groups is 1. The topological polar surface area (TPSA) is 87.2 Å². The molecule has 0 aliphatic heterocycles. The molecular formula is C13H13N3O3. The summed E-state index contributed by atoms with van der Waals surface area (Å²) in [6.45, 7) is 0.141. The van der Waals surface area contributed by atoms with Crippen molar-refractivity contribution in [2.45, 2.75) is 6.61 Å². The summed E-state index contributed by atoms with van der Waals surface area (Å²) < 4.78 is 6.29. The molecule has 0 fully saturated rings. The number of aromatic nitrogens is 2. The Morgan fingerprint density at radius 1 is 1.37 bits per heavy atom. The summed E-state index contributed by atoms with van der Waals surface area (Å²) in [5.74, 6) is -0.731. The van der Waals surface area contributed by atoms with Gasteiger partial charge < -0.3 is 15.0 Å². The van der Waals surface area contributed by atoms with E-state index in [2.05, 4.69) is 4.98 Å². The zero-order valence-corrected chi connectivity index (χ0v) is 10.4. The number of nitrogens with two attached hydrogens (primary N) is 1. The molecule has 0 bridgehead atoms. The molecule has 1 aromatic heterocycles. The Balaban J connectivity index is 2.13. The summed E-state index contributed by atoms with van der Waals surface area (Å²) in [4.78, 5) is 26.6. The predicted octanol–water partition coefficient (Wildman–Crippen LogP) is 0.720. The van der Waals surface area contributed by atoms with E-state index in [9.17, 15) is 9.59 Å². The van der Waals surface area contributed by atoms with Gasteiger partial charge in [0.15, 0.2) is 0 Å². The highest BCUT2D eigenvalue weighted by Crippen LogP contribution is 2.09. The number of benzene rings is 1. The quantitative estimate of drug-likeness (QED) is 0.820.